The highest BCUT2D eigenvalue weighted by Crippen LogP contribution is 2.27. The third-order valence-electron chi connectivity index (χ3n) is 3.32. The lowest BCUT2D eigenvalue weighted by atomic mass is 9.92. The van der Waals surface area contributed by atoms with Crippen LogP contribution in [0.3, 0.4) is 0 Å². The van der Waals surface area contributed by atoms with Crippen molar-refractivity contribution in [3.63, 3.8) is 0 Å². The van der Waals surface area contributed by atoms with Gasteiger partial charge in [-0.05, 0) is 38.8 Å². The lowest BCUT2D eigenvalue weighted by molar-refractivity contribution is 0.323. The second kappa shape index (κ2) is 5.34. The van der Waals surface area contributed by atoms with Crippen LogP contribution in [-0.4, -0.2) is 18.2 Å². The molecule has 0 radical (unpaired) electrons. The molecule has 90 valence electrons. The number of unbranched alkanes of at least 4 members (excludes halogenated alkanes) is 1. The Morgan fingerprint density at radius 3 is 2.81 bits per heavy atom. The van der Waals surface area contributed by atoms with E-state index in [9.17, 15) is 4.79 Å². The minimum Gasteiger partial charge on any atom is -0.383 e. The first kappa shape index (κ1) is 11.5. The van der Waals surface area contributed by atoms with Crippen LogP contribution in [-0.2, 0) is 6.42 Å². The van der Waals surface area contributed by atoms with Gasteiger partial charge in [0.15, 0.2) is 0 Å². The molecule has 0 spiro atoms. The third kappa shape index (κ3) is 2.38. The number of aromatic amines is 1. The number of hydrogen-bond acceptors (Lipinski definition) is 3. The van der Waals surface area contributed by atoms with Crippen molar-refractivity contribution in [3.05, 3.63) is 21.7 Å². The summed E-state index contributed by atoms with van der Waals surface area (Å²) in [7, 11) is 0. The molecule has 0 atom stereocenters. The summed E-state index contributed by atoms with van der Waals surface area (Å²) in [4.78, 5) is 11.6. The summed E-state index contributed by atoms with van der Waals surface area (Å²) in [5.41, 5.74) is 0.857. The SMILES string of the molecule is CCCCc1c(C2CCNCC2)o[nH]c1=O. The highest BCUT2D eigenvalue weighted by molar-refractivity contribution is 5.18. The van der Waals surface area contributed by atoms with E-state index in [4.69, 9.17) is 4.52 Å². The first-order chi connectivity index (χ1) is 7.83. The molecule has 1 aliphatic heterocycles. The fraction of sp³-hybridized carbons (Fsp3) is 0.750. The average molecular weight is 224 g/mol. The second-order valence-electron chi connectivity index (χ2n) is 4.50. The van der Waals surface area contributed by atoms with E-state index in [2.05, 4.69) is 17.4 Å². The molecule has 4 heteroatoms. The maximum Gasteiger partial charge on any atom is 0.283 e. The highest BCUT2D eigenvalue weighted by atomic mass is 16.5. The normalized spacial score (nSPS) is 17.8. The molecule has 16 heavy (non-hydrogen) atoms. The van der Waals surface area contributed by atoms with E-state index in [-0.39, 0.29) is 5.56 Å². The Morgan fingerprint density at radius 1 is 1.38 bits per heavy atom. The number of aromatic nitrogens is 1. The maximum atomic E-state index is 11.6. The van der Waals surface area contributed by atoms with Crippen LogP contribution in [0.5, 0.6) is 0 Å². The van der Waals surface area contributed by atoms with Crippen LogP contribution in [0.25, 0.3) is 0 Å². The van der Waals surface area contributed by atoms with E-state index in [1.807, 2.05) is 0 Å². The second-order valence-corrected chi connectivity index (χ2v) is 4.50. The Bertz CT molecular complexity index is 375. The molecular weight excluding hydrogens is 204 g/mol. The average Bonchev–Trinajstić information content (AvgIpc) is 2.69. The van der Waals surface area contributed by atoms with Gasteiger partial charge in [0.1, 0.15) is 5.76 Å². The Labute approximate surface area is 95.4 Å². The molecule has 0 amide bonds. The van der Waals surface area contributed by atoms with E-state index in [1.165, 1.54) is 0 Å². The molecule has 0 aliphatic carbocycles. The maximum absolute atomic E-state index is 11.6. The summed E-state index contributed by atoms with van der Waals surface area (Å²) < 4.78 is 5.37. The van der Waals surface area contributed by atoms with Crippen LogP contribution >= 0.6 is 0 Å². The summed E-state index contributed by atoms with van der Waals surface area (Å²) in [5, 5.41) is 5.82. The van der Waals surface area contributed by atoms with Crippen molar-refractivity contribution in [2.75, 3.05) is 13.1 Å². The molecule has 2 N–H and O–H groups in total. The standard InChI is InChI=1S/C12H20N2O2/c1-2-3-4-10-11(16-14-12(10)15)9-5-7-13-8-6-9/h9,13H,2-8H2,1H3,(H,14,15). The fourth-order valence-corrected chi connectivity index (χ4v) is 2.34. The number of nitrogens with one attached hydrogen (secondary N) is 2. The van der Waals surface area contributed by atoms with Crippen LogP contribution in [0, 0.1) is 0 Å². The van der Waals surface area contributed by atoms with Gasteiger partial charge in [-0.1, -0.05) is 13.3 Å². The van der Waals surface area contributed by atoms with Gasteiger partial charge in [0.25, 0.3) is 5.56 Å². The number of rotatable bonds is 4. The molecule has 1 saturated heterocycles. The largest absolute Gasteiger partial charge is 0.383 e. The van der Waals surface area contributed by atoms with E-state index >= 15 is 0 Å². The monoisotopic (exact) mass is 224 g/mol. The zero-order valence-electron chi connectivity index (χ0n) is 9.84. The third-order valence-corrected chi connectivity index (χ3v) is 3.32. The van der Waals surface area contributed by atoms with Crippen molar-refractivity contribution in [1.29, 1.82) is 0 Å². The van der Waals surface area contributed by atoms with Gasteiger partial charge in [0, 0.05) is 5.92 Å². The van der Waals surface area contributed by atoms with Gasteiger partial charge in [0.05, 0.1) is 5.56 Å². The van der Waals surface area contributed by atoms with E-state index in [0.29, 0.717) is 5.92 Å². The number of H-pyrrole nitrogens is 1. The molecule has 0 bridgehead atoms. The lowest BCUT2D eigenvalue weighted by Crippen LogP contribution is -2.27. The highest BCUT2D eigenvalue weighted by Gasteiger charge is 2.23. The summed E-state index contributed by atoms with van der Waals surface area (Å²) in [6, 6.07) is 0. The zero-order valence-corrected chi connectivity index (χ0v) is 9.84. The molecule has 1 fully saturated rings. The number of hydrogen-bond donors (Lipinski definition) is 2. The van der Waals surface area contributed by atoms with Gasteiger partial charge in [0.2, 0.25) is 0 Å². The van der Waals surface area contributed by atoms with Crippen LogP contribution < -0.4 is 10.9 Å². The summed E-state index contributed by atoms with van der Waals surface area (Å²) in [6.07, 6.45) is 5.15. The smallest absolute Gasteiger partial charge is 0.283 e. The van der Waals surface area contributed by atoms with Crippen molar-refractivity contribution in [2.45, 2.75) is 44.9 Å². The van der Waals surface area contributed by atoms with Crippen molar-refractivity contribution in [1.82, 2.24) is 10.5 Å². The van der Waals surface area contributed by atoms with Crippen LogP contribution in [0.15, 0.2) is 9.32 Å². The molecule has 0 aromatic carbocycles. The Hall–Kier alpha value is -1.03. The van der Waals surface area contributed by atoms with Crippen LogP contribution in [0.1, 0.15) is 49.8 Å². The summed E-state index contributed by atoms with van der Waals surface area (Å²) >= 11 is 0. The first-order valence-corrected chi connectivity index (χ1v) is 6.24. The van der Waals surface area contributed by atoms with Crippen molar-refractivity contribution in [2.24, 2.45) is 0 Å². The van der Waals surface area contributed by atoms with Crippen LogP contribution in [0.4, 0.5) is 0 Å². The van der Waals surface area contributed by atoms with Gasteiger partial charge in [-0.25, -0.2) is 0 Å². The Morgan fingerprint density at radius 2 is 2.12 bits per heavy atom. The summed E-state index contributed by atoms with van der Waals surface area (Å²) in [5.74, 6) is 1.34. The van der Waals surface area contributed by atoms with Crippen molar-refractivity contribution < 1.29 is 4.52 Å². The molecule has 1 aromatic heterocycles. The quantitative estimate of drug-likeness (QED) is 0.819. The fourth-order valence-electron chi connectivity index (χ4n) is 2.34. The van der Waals surface area contributed by atoms with Crippen molar-refractivity contribution in [3.8, 4) is 0 Å². The Balaban J connectivity index is 2.15. The summed E-state index contributed by atoms with van der Waals surface area (Å²) in [6.45, 7) is 4.18. The molecule has 4 nitrogen and oxygen atoms in total. The zero-order chi connectivity index (χ0) is 11.4. The van der Waals surface area contributed by atoms with Crippen LogP contribution in [0.2, 0.25) is 0 Å². The lowest BCUT2D eigenvalue weighted by Gasteiger charge is -2.20. The predicted molar refractivity (Wildman–Crippen MR) is 62.8 cm³/mol. The number of piperidine rings is 1. The van der Waals surface area contributed by atoms with E-state index < -0.39 is 0 Å². The predicted octanol–water partition coefficient (Wildman–Crippen LogP) is 1.78. The van der Waals surface area contributed by atoms with E-state index in [1.54, 1.807) is 0 Å². The minimum atomic E-state index is -0.0259. The van der Waals surface area contributed by atoms with Gasteiger partial charge < -0.3 is 9.84 Å². The molecule has 0 unspecified atom stereocenters. The van der Waals surface area contributed by atoms with Gasteiger partial charge in [-0.15, -0.1) is 0 Å². The van der Waals surface area contributed by atoms with Gasteiger partial charge in [-0.3, -0.25) is 4.79 Å². The first-order valence-electron chi connectivity index (χ1n) is 6.24. The molecule has 2 rings (SSSR count). The topological polar surface area (TPSA) is 58.0 Å². The molecular formula is C12H20N2O2. The van der Waals surface area contributed by atoms with E-state index in [0.717, 1.165) is 56.5 Å². The molecule has 0 saturated carbocycles. The minimum absolute atomic E-state index is 0.0259. The molecule has 2 heterocycles. The van der Waals surface area contributed by atoms with Gasteiger partial charge >= 0.3 is 0 Å². The Kier molecular flexibility index (Phi) is 3.83. The molecule has 1 aromatic rings. The van der Waals surface area contributed by atoms with Crippen molar-refractivity contribution >= 4 is 0 Å². The molecule has 1 aliphatic rings. The van der Waals surface area contributed by atoms with Gasteiger partial charge in [-0.2, -0.15) is 5.16 Å².